The van der Waals surface area contributed by atoms with Gasteiger partial charge in [0, 0.05) is 5.54 Å². The normalized spacial score (nSPS) is 21.8. The second-order valence-corrected chi connectivity index (χ2v) is 7.57. The summed E-state index contributed by atoms with van der Waals surface area (Å²) in [6.45, 7) is 7.24. The Morgan fingerprint density at radius 2 is 1.80 bits per heavy atom. The van der Waals surface area contributed by atoms with E-state index in [4.69, 9.17) is 0 Å². The van der Waals surface area contributed by atoms with Crippen molar-refractivity contribution in [2.45, 2.75) is 58.2 Å². The van der Waals surface area contributed by atoms with E-state index in [0.717, 1.165) is 5.56 Å². The van der Waals surface area contributed by atoms with Crippen LogP contribution in [0.25, 0.3) is 0 Å². The first-order valence-corrected chi connectivity index (χ1v) is 8.65. The van der Waals surface area contributed by atoms with Crippen LogP contribution in [0.2, 0.25) is 0 Å². The van der Waals surface area contributed by atoms with Crippen LogP contribution in [0.5, 0.6) is 0 Å². The molecule has 0 radical (unpaired) electrons. The quantitative estimate of drug-likeness (QED) is 0.726. The smallest absolute Gasteiger partial charge is 0.242 e. The van der Waals surface area contributed by atoms with Gasteiger partial charge in [0.2, 0.25) is 17.7 Å². The van der Waals surface area contributed by atoms with Crippen molar-refractivity contribution < 1.29 is 14.4 Å². The van der Waals surface area contributed by atoms with Gasteiger partial charge in [0.15, 0.2) is 0 Å². The predicted molar refractivity (Wildman–Crippen MR) is 95.6 cm³/mol. The zero-order valence-electron chi connectivity index (χ0n) is 15.3. The highest BCUT2D eigenvalue weighted by Gasteiger charge is 2.35. The van der Waals surface area contributed by atoms with Gasteiger partial charge in [-0.25, -0.2) is 0 Å². The van der Waals surface area contributed by atoms with Gasteiger partial charge in [0.05, 0.1) is 6.04 Å². The minimum absolute atomic E-state index is 0.0700. The van der Waals surface area contributed by atoms with Crippen LogP contribution < -0.4 is 16.0 Å². The van der Waals surface area contributed by atoms with Crippen LogP contribution in [-0.2, 0) is 14.4 Å². The lowest BCUT2D eigenvalue weighted by Crippen LogP contribution is -2.54. The number of rotatable bonds is 4. The largest absolute Gasteiger partial charge is 0.350 e. The highest BCUT2D eigenvalue weighted by atomic mass is 16.2. The lowest BCUT2D eigenvalue weighted by atomic mass is 9.89. The average molecular weight is 345 g/mol. The lowest BCUT2D eigenvalue weighted by Gasteiger charge is -2.30. The minimum Gasteiger partial charge on any atom is -0.350 e. The molecule has 3 atom stereocenters. The van der Waals surface area contributed by atoms with Crippen molar-refractivity contribution in [3.05, 3.63) is 35.9 Å². The van der Waals surface area contributed by atoms with Gasteiger partial charge in [-0.1, -0.05) is 30.3 Å². The van der Waals surface area contributed by atoms with E-state index < -0.39 is 17.9 Å². The Morgan fingerprint density at radius 1 is 1.16 bits per heavy atom. The minimum atomic E-state index is -0.759. The van der Waals surface area contributed by atoms with Crippen LogP contribution in [0.4, 0.5) is 0 Å². The Kier molecular flexibility index (Phi) is 5.82. The van der Waals surface area contributed by atoms with E-state index in [1.807, 2.05) is 51.1 Å². The van der Waals surface area contributed by atoms with Crippen LogP contribution >= 0.6 is 0 Å². The monoisotopic (exact) mass is 345 g/mol. The fourth-order valence-corrected chi connectivity index (χ4v) is 2.85. The molecular weight excluding hydrogens is 318 g/mol. The lowest BCUT2D eigenvalue weighted by molar-refractivity contribution is -0.139. The maximum absolute atomic E-state index is 12.4. The molecule has 0 aliphatic carbocycles. The van der Waals surface area contributed by atoms with Crippen molar-refractivity contribution >= 4 is 17.7 Å². The topological polar surface area (TPSA) is 87.3 Å². The number of nitrogens with one attached hydrogen (secondary N) is 3. The Labute approximate surface area is 148 Å². The van der Waals surface area contributed by atoms with Crippen molar-refractivity contribution in [2.24, 2.45) is 5.92 Å². The van der Waals surface area contributed by atoms with Crippen molar-refractivity contribution in [2.75, 3.05) is 0 Å². The first kappa shape index (κ1) is 19.0. The molecule has 1 saturated heterocycles. The van der Waals surface area contributed by atoms with E-state index in [1.54, 1.807) is 6.92 Å². The number of hydrogen-bond acceptors (Lipinski definition) is 3. The van der Waals surface area contributed by atoms with E-state index in [0.29, 0.717) is 12.8 Å². The van der Waals surface area contributed by atoms with Gasteiger partial charge < -0.3 is 16.0 Å². The zero-order valence-corrected chi connectivity index (χ0v) is 15.3. The molecule has 1 heterocycles. The summed E-state index contributed by atoms with van der Waals surface area (Å²) in [6.07, 6.45) is 1.15. The standard InChI is InChI=1S/C19H27N3O3/c1-12(16(23)22-19(2,3)4)20-17(24)14-10-11-15(21-18(14)25)13-8-6-5-7-9-13/h5-9,12,14-15H,10-11H2,1-4H3,(H,20,24)(H,21,25)(H,22,23). The first-order chi connectivity index (χ1) is 11.7. The summed E-state index contributed by atoms with van der Waals surface area (Å²) in [5.41, 5.74) is 0.661. The third-order valence-electron chi connectivity index (χ3n) is 4.15. The average Bonchev–Trinajstić information content (AvgIpc) is 2.53. The maximum Gasteiger partial charge on any atom is 0.242 e. The summed E-state index contributed by atoms with van der Waals surface area (Å²) < 4.78 is 0. The number of piperidine rings is 1. The van der Waals surface area contributed by atoms with Crippen LogP contribution in [0.3, 0.4) is 0 Å². The van der Waals surface area contributed by atoms with Gasteiger partial charge in [-0.2, -0.15) is 0 Å². The summed E-state index contributed by atoms with van der Waals surface area (Å²) in [5.74, 6) is -1.72. The van der Waals surface area contributed by atoms with Crippen molar-refractivity contribution in [1.82, 2.24) is 16.0 Å². The molecule has 1 aromatic rings. The molecule has 25 heavy (non-hydrogen) atoms. The van der Waals surface area contributed by atoms with Gasteiger partial charge in [0.1, 0.15) is 12.0 Å². The highest BCUT2D eigenvalue weighted by Crippen LogP contribution is 2.26. The Morgan fingerprint density at radius 3 is 2.36 bits per heavy atom. The van der Waals surface area contributed by atoms with Crippen LogP contribution in [0, 0.1) is 5.92 Å². The summed E-state index contributed by atoms with van der Waals surface area (Å²) >= 11 is 0. The van der Waals surface area contributed by atoms with Gasteiger partial charge in [-0.05, 0) is 46.1 Å². The molecule has 0 spiro atoms. The third-order valence-corrected chi connectivity index (χ3v) is 4.15. The molecule has 1 aromatic carbocycles. The Balaban J connectivity index is 1.91. The summed E-state index contributed by atoms with van der Waals surface area (Å²) in [6, 6.07) is 8.94. The Hall–Kier alpha value is -2.37. The van der Waals surface area contributed by atoms with Crippen molar-refractivity contribution in [3.63, 3.8) is 0 Å². The second-order valence-electron chi connectivity index (χ2n) is 7.57. The third kappa shape index (κ3) is 5.31. The Bertz CT molecular complexity index is 637. The van der Waals surface area contributed by atoms with E-state index in [1.165, 1.54) is 0 Å². The molecule has 6 nitrogen and oxygen atoms in total. The number of carbonyl (C=O) groups is 3. The SMILES string of the molecule is CC(NC(=O)C1CCC(c2ccccc2)NC1=O)C(=O)NC(C)(C)C. The van der Waals surface area contributed by atoms with Crippen LogP contribution in [0.1, 0.15) is 52.1 Å². The van der Waals surface area contributed by atoms with E-state index in [2.05, 4.69) is 16.0 Å². The molecule has 3 unspecified atom stereocenters. The van der Waals surface area contributed by atoms with Gasteiger partial charge in [0.25, 0.3) is 0 Å². The van der Waals surface area contributed by atoms with Gasteiger partial charge >= 0.3 is 0 Å². The number of hydrogen-bond donors (Lipinski definition) is 3. The van der Waals surface area contributed by atoms with E-state index >= 15 is 0 Å². The molecule has 0 saturated carbocycles. The van der Waals surface area contributed by atoms with Crippen molar-refractivity contribution in [3.8, 4) is 0 Å². The summed E-state index contributed by atoms with van der Waals surface area (Å²) in [4.78, 5) is 36.8. The van der Waals surface area contributed by atoms with Crippen LogP contribution in [-0.4, -0.2) is 29.3 Å². The van der Waals surface area contributed by atoms with E-state index in [-0.39, 0.29) is 23.4 Å². The molecule has 136 valence electrons. The fourth-order valence-electron chi connectivity index (χ4n) is 2.85. The first-order valence-electron chi connectivity index (χ1n) is 8.65. The zero-order chi connectivity index (χ0) is 18.6. The molecule has 2 rings (SSSR count). The number of carbonyl (C=O) groups excluding carboxylic acids is 3. The van der Waals surface area contributed by atoms with Crippen molar-refractivity contribution in [1.29, 1.82) is 0 Å². The second kappa shape index (κ2) is 7.68. The van der Waals surface area contributed by atoms with Gasteiger partial charge in [-0.15, -0.1) is 0 Å². The molecular formula is C19H27N3O3. The summed E-state index contributed by atoms with van der Waals surface area (Å²) in [5, 5.41) is 8.36. The molecule has 0 bridgehead atoms. The fraction of sp³-hybridized carbons (Fsp3) is 0.526. The molecule has 6 heteroatoms. The molecule has 3 N–H and O–H groups in total. The number of benzene rings is 1. The maximum atomic E-state index is 12.4. The van der Waals surface area contributed by atoms with Crippen LogP contribution in [0.15, 0.2) is 30.3 Å². The molecule has 1 fully saturated rings. The summed E-state index contributed by atoms with van der Waals surface area (Å²) in [7, 11) is 0. The molecule has 0 aromatic heterocycles. The van der Waals surface area contributed by atoms with E-state index in [9.17, 15) is 14.4 Å². The molecule has 1 aliphatic rings. The highest BCUT2D eigenvalue weighted by molar-refractivity contribution is 6.02. The van der Waals surface area contributed by atoms with Gasteiger partial charge in [-0.3, -0.25) is 14.4 Å². The number of amides is 3. The molecule has 3 amide bonds. The molecule has 1 aliphatic heterocycles. The predicted octanol–water partition coefficient (Wildman–Crippen LogP) is 1.67.